The Bertz CT molecular complexity index is 1050. The van der Waals surface area contributed by atoms with Gasteiger partial charge in [0.15, 0.2) is 0 Å². The molecule has 7 nitrogen and oxygen atoms in total. The molecule has 188 valence electrons. The molecule has 0 aromatic heterocycles. The Morgan fingerprint density at radius 1 is 1.06 bits per heavy atom. The van der Waals surface area contributed by atoms with Crippen molar-refractivity contribution in [2.75, 3.05) is 39.3 Å². The molecule has 0 spiro atoms. The summed E-state index contributed by atoms with van der Waals surface area (Å²) in [5.74, 6) is 0.600. The van der Waals surface area contributed by atoms with Crippen LogP contribution in [-0.4, -0.2) is 69.2 Å². The molecule has 1 saturated heterocycles. The number of amides is 1. The first-order chi connectivity index (χ1) is 16.2. The Balaban J connectivity index is 1.60. The third kappa shape index (κ3) is 6.08. The lowest BCUT2D eigenvalue weighted by Crippen LogP contribution is -2.44. The number of benzene rings is 1. The molecule has 34 heavy (non-hydrogen) atoms. The van der Waals surface area contributed by atoms with Gasteiger partial charge in [-0.25, -0.2) is 0 Å². The Morgan fingerprint density at radius 2 is 1.71 bits per heavy atom. The molecule has 0 radical (unpaired) electrons. The van der Waals surface area contributed by atoms with Gasteiger partial charge in [0, 0.05) is 37.7 Å². The maximum Gasteiger partial charge on any atom is 0.285 e. The second-order valence-corrected chi connectivity index (χ2v) is 11.1. The molecule has 2 aliphatic heterocycles. The zero-order valence-electron chi connectivity index (χ0n) is 21.4. The van der Waals surface area contributed by atoms with Gasteiger partial charge in [0.1, 0.15) is 10.7 Å². The quantitative estimate of drug-likeness (QED) is 0.573. The van der Waals surface area contributed by atoms with Gasteiger partial charge in [0.05, 0.1) is 0 Å². The first-order valence-electron chi connectivity index (χ1n) is 12.6. The molecule has 1 aromatic rings. The van der Waals surface area contributed by atoms with Crippen LogP contribution in [0.1, 0.15) is 63.1 Å². The van der Waals surface area contributed by atoms with E-state index < -0.39 is 10.0 Å². The van der Waals surface area contributed by atoms with Gasteiger partial charge in [-0.05, 0) is 76.2 Å². The van der Waals surface area contributed by atoms with Crippen LogP contribution in [0.3, 0.4) is 0 Å². The number of nitrogens with one attached hydrogen (secondary N) is 1. The SMILES string of the molecule is CCCN(CCC)CCNC(=O)C1CCN(C2=NS(=O)(=O)C(c3ccc(C)c(C)c3)=C2C)CC1. The lowest BCUT2D eigenvalue weighted by atomic mass is 9.95. The average molecular weight is 489 g/mol. The van der Waals surface area contributed by atoms with Crippen LogP contribution in [0.15, 0.2) is 28.2 Å². The third-order valence-electron chi connectivity index (χ3n) is 6.88. The van der Waals surface area contributed by atoms with E-state index >= 15 is 0 Å². The summed E-state index contributed by atoms with van der Waals surface area (Å²) >= 11 is 0. The molecule has 3 rings (SSSR count). The number of amidine groups is 1. The van der Waals surface area contributed by atoms with Crippen LogP contribution in [0, 0.1) is 19.8 Å². The second kappa shape index (κ2) is 11.5. The lowest BCUT2D eigenvalue weighted by Gasteiger charge is -2.33. The minimum atomic E-state index is -3.74. The predicted octanol–water partition coefficient (Wildman–Crippen LogP) is 3.73. The number of hydrogen-bond donors (Lipinski definition) is 1. The molecule has 0 unspecified atom stereocenters. The molecule has 2 aliphatic rings. The van der Waals surface area contributed by atoms with Crippen LogP contribution in [0.5, 0.6) is 0 Å². The molecule has 8 heteroatoms. The van der Waals surface area contributed by atoms with Crippen LogP contribution < -0.4 is 5.32 Å². The lowest BCUT2D eigenvalue weighted by molar-refractivity contribution is -0.126. The highest BCUT2D eigenvalue weighted by molar-refractivity contribution is 8.00. The van der Waals surface area contributed by atoms with Gasteiger partial charge < -0.3 is 15.1 Å². The number of sulfonamides is 1. The maximum absolute atomic E-state index is 12.9. The summed E-state index contributed by atoms with van der Waals surface area (Å²) in [6.45, 7) is 15.1. The molecule has 0 saturated carbocycles. The van der Waals surface area contributed by atoms with Crippen LogP contribution in [0.4, 0.5) is 0 Å². The molecule has 1 amide bonds. The summed E-state index contributed by atoms with van der Waals surface area (Å²) in [5, 5.41) is 3.11. The van der Waals surface area contributed by atoms with Gasteiger partial charge in [-0.2, -0.15) is 8.42 Å². The van der Waals surface area contributed by atoms with E-state index in [1.807, 2.05) is 43.9 Å². The number of rotatable bonds is 9. The van der Waals surface area contributed by atoms with Gasteiger partial charge in [0.25, 0.3) is 10.0 Å². The number of hydrogen-bond acceptors (Lipinski definition) is 5. The number of piperidine rings is 1. The van der Waals surface area contributed by atoms with E-state index in [-0.39, 0.29) is 11.8 Å². The predicted molar refractivity (Wildman–Crippen MR) is 139 cm³/mol. The van der Waals surface area contributed by atoms with Gasteiger partial charge in [-0.1, -0.05) is 32.0 Å². The number of likely N-dealkylation sites (tertiary alicyclic amines) is 1. The molecular formula is C26H40N4O3S. The maximum atomic E-state index is 12.9. The highest BCUT2D eigenvalue weighted by atomic mass is 32.2. The third-order valence-corrected chi connectivity index (χ3v) is 8.35. The Hall–Kier alpha value is -2.19. The molecule has 1 fully saturated rings. The molecule has 1 aromatic carbocycles. The van der Waals surface area contributed by atoms with E-state index in [9.17, 15) is 13.2 Å². The topological polar surface area (TPSA) is 82.1 Å². The average Bonchev–Trinajstić information content (AvgIpc) is 3.04. The largest absolute Gasteiger partial charge is 0.356 e. The van der Waals surface area contributed by atoms with Crippen molar-refractivity contribution >= 4 is 26.7 Å². The van der Waals surface area contributed by atoms with Crippen LogP contribution in [0.2, 0.25) is 0 Å². The van der Waals surface area contributed by atoms with E-state index in [1.54, 1.807) is 0 Å². The fourth-order valence-corrected chi connectivity index (χ4v) is 6.34. The highest BCUT2D eigenvalue weighted by Gasteiger charge is 2.35. The first-order valence-corrected chi connectivity index (χ1v) is 14.0. The van der Waals surface area contributed by atoms with Crippen molar-refractivity contribution in [3.05, 3.63) is 40.5 Å². The Labute approximate surface area is 205 Å². The van der Waals surface area contributed by atoms with Gasteiger partial charge in [-0.3, -0.25) is 4.79 Å². The second-order valence-electron chi connectivity index (χ2n) is 9.54. The summed E-state index contributed by atoms with van der Waals surface area (Å²) < 4.78 is 30.0. The summed E-state index contributed by atoms with van der Waals surface area (Å²) in [4.78, 5) is 17.4. The zero-order valence-corrected chi connectivity index (χ0v) is 22.2. The highest BCUT2D eigenvalue weighted by Crippen LogP contribution is 2.35. The number of carbonyl (C=O) groups excluding carboxylic acids is 1. The molecule has 0 bridgehead atoms. The Kier molecular flexibility index (Phi) is 8.93. The molecular weight excluding hydrogens is 448 g/mol. The van der Waals surface area contributed by atoms with Crippen molar-refractivity contribution in [1.82, 2.24) is 15.1 Å². The van der Waals surface area contributed by atoms with Crippen LogP contribution in [0.25, 0.3) is 4.91 Å². The van der Waals surface area contributed by atoms with Crippen molar-refractivity contribution in [3.63, 3.8) is 0 Å². The van der Waals surface area contributed by atoms with Crippen molar-refractivity contribution < 1.29 is 13.2 Å². The van der Waals surface area contributed by atoms with Gasteiger partial charge >= 0.3 is 0 Å². The van der Waals surface area contributed by atoms with Crippen molar-refractivity contribution in [2.45, 2.75) is 60.3 Å². The number of aryl methyl sites for hydroxylation is 2. The normalized spacial score (nSPS) is 18.5. The molecule has 1 N–H and O–H groups in total. The Morgan fingerprint density at radius 3 is 2.29 bits per heavy atom. The summed E-state index contributed by atoms with van der Waals surface area (Å²) in [5.41, 5.74) is 3.56. The van der Waals surface area contributed by atoms with E-state index in [4.69, 9.17) is 0 Å². The molecule has 0 atom stereocenters. The minimum absolute atomic E-state index is 0.0378. The van der Waals surface area contributed by atoms with E-state index in [2.05, 4.69) is 28.5 Å². The fourth-order valence-electron chi connectivity index (χ4n) is 4.87. The van der Waals surface area contributed by atoms with E-state index in [1.165, 1.54) is 0 Å². The van der Waals surface area contributed by atoms with Crippen LogP contribution in [-0.2, 0) is 14.8 Å². The van der Waals surface area contributed by atoms with Gasteiger partial charge in [0.2, 0.25) is 5.91 Å². The molecule has 0 aliphatic carbocycles. The van der Waals surface area contributed by atoms with E-state index in [0.29, 0.717) is 54.4 Å². The number of nitrogens with zero attached hydrogens (tertiary/aromatic N) is 3. The van der Waals surface area contributed by atoms with E-state index in [0.717, 1.165) is 43.6 Å². The smallest absolute Gasteiger partial charge is 0.285 e. The van der Waals surface area contributed by atoms with Crippen molar-refractivity contribution in [1.29, 1.82) is 0 Å². The van der Waals surface area contributed by atoms with Crippen molar-refractivity contribution in [3.8, 4) is 0 Å². The molecule has 2 heterocycles. The van der Waals surface area contributed by atoms with Crippen LogP contribution >= 0.6 is 0 Å². The monoisotopic (exact) mass is 488 g/mol. The zero-order chi connectivity index (χ0) is 24.9. The first kappa shape index (κ1) is 26.4. The summed E-state index contributed by atoms with van der Waals surface area (Å²) in [6, 6.07) is 5.73. The standard InChI is InChI=1S/C26H40N4O3S/c1-6-13-29(14-7-2)17-12-27-26(31)22-10-15-30(16-11-22)25-21(5)24(34(32,33)28-25)23-9-8-19(3)20(4)18-23/h8-9,18,22H,6-7,10-17H2,1-5H3,(H,27,31). The minimum Gasteiger partial charge on any atom is -0.356 e. The summed E-state index contributed by atoms with van der Waals surface area (Å²) in [7, 11) is -3.74. The van der Waals surface area contributed by atoms with Gasteiger partial charge in [-0.15, -0.1) is 4.40 Å². The number of carbonyl (C=O) groups is 1. The van der Waals surface area contributed by atoms with Crippen molar-refractivity contribution in [2.24, 2.45) is 10.3 Å². The fraction of sp³-hybridized carbons (Fsp3) is 0.615. The summed E-state index contributed by atoms with van der Waals surface area (Å²) in [6.07, 6.45) is 3.63.